The number of aromatic hydroxyl groups is 1. The minimum Gasteiger partial charge on any atom is -0.508 e. The number of carbonyl (C=O) groups excluding carboxylic acids is 2. The molecule has 1 aliphatic heterocycles. The molecule has 1 N–H and O–H groups in total. The first-order valence-electron chi connectivity index (χ1n) is 8.28. The molecule has 1 aromatic carbocycles. The number of halogens is 3. The van der Waals surface area contributed by atoms with Crippen LogP contribution in [0.2, 0.25) is 0 Å². The van der Waals surface area contributed by atoms with Gasteiger partial charge in [0.15, 0.2) is 9.75 Å². The molecule has 1 aromatic rings. The van der Waals surface area contributed by atoms with E-state index in [2.05, 4.69) is 22.5 Å². The molecule has 3 unspecified atom stereocenters. The summed E-state index contributed by atoms with van der Waals surface area (Å²) in [4.78, 5) is 23.7. The molecular formula is C19H18BrCl2NO5. The summed E-state index contributed by atoms with van der Waals surface area (Å²) in [6.45, 7) is 3.82. The molecule has 0 saturated carbocycles. The molecule has 2 aliphatic rings. The Hall–Kier alpha value is -1.70. The third-order valence-electron chi connectivity index (χ3n) is 5.24. The summed E-state index contributed by atoms with van der Waals surface area (Å²) in [6, 6.07) is 2.76. The van der Waals surface area contributed by atoms with Gasteiger partial charge in [-0.2, -0.15) is 0 Å². The molecule has 3 rings (SSSR count). The number of hydrogen-bond acceptors (Lipinski definition) is 5. The van der Waals surface area contributed by atoms with Crippen LogP contribution >= 0.6 is 39.1 Å². The van der Waals surface area contributed by atoms with Crippen LogP contribution in [0, 0.1) is 0 Å². The van der Waals surface area contributed by atoms with Crippen molar-refractivity contribution in [2.75, 3.05) is 19.7 Å². The number of phenols is 1. The normalized spacial score (nSPS) is 29.4. The molecule has 0 spiro atoms. The molecule has 2 amide bonds. The number of benzene rings is 1. The second-order valence-electron chi connectivity index (χ2n) is 6.48. The summed E-state index contributed by atoms with van der Waals surface area (Å²) in [6.07, 6.45) is 3.36. The summed E-state index contributed by atoms with van der Waals surface area (Å²) >= 11 is 16.9. The highest BCUT2D eigenvalue weighted by Gasteiger charge is 2.73. The van der Waals surface area contributed by atoms with Crippen LogP contribution in [-0.2, 0) is 9.59 Å². The molecule has 150 valence electrons. The number of likely N-dealkylation sites (tertiary alicyclic amines) is 1. The van der Waals surface area contributed by atoms with Crippen LogP contribution in [0.25, 0.3) is 0 Å². The maximum Gasteiger partial charge on any atom is 0.254 e. The fraction of sp³-hybridized carbons (Fsp3) is 0.368. The van der Waals surface area contributed by atoms with Gasteiger partial charge in [-0.3, -0.25) is 14.5 Å². The van der Waals surface area contributed by atoms with Gasteiger partial charge in [0.05, 0.1) is 19.7 Å². The van der Waals surface area contributed by atoms with Crippen LogP contribution in [-0.4, -0.2) is 51.2 Å². The number of ether oxygens (including phenoxy) is 2. The zero-order valence-corrected chi connectivity index (χ0v) is 18.3. The van der Waals surface area contributed by atoms with Crippen LogP contribution in [0.5, 0.6) is 17.2 Å². The van der Waals surface area contributed by atoms with Crippen molar-refractivity contribution in [3.8, 4) is 17.2 Å². The Balaban J connectivity index is 2.38. The van der Waals surface area contributed by atoms with Gasteiger partial charge in [-0.05, 0) is 12.0 Å². The maximum absolute atomic E-state index is 13.3. The molecule has 1 heterocycles. The Morgan fingerprint density at radius 2 is 1.86 bits per heavy atom. The minimum atomic E-state index is -1.84. The highest BCUT2D eigenvalue weighted by atomic mass is 79.9. The lowest BCUT2D eigenvalue weighted by atomic mass is 9.68. The van der Waals surface area contributed by atoms with Crippen molar-refractivity contribution in [2.45, 2.75) is 22.1 Å². The Bertz CT molecular complexity index is 879. The zero-order valence-electron chi connectivity index (χ0n) is 15.2. The van der Waals surface area contributed by atoms with Gasteiger partial charge < -0.3 is 14.6 Å². The zero-order chi connectivity index (χ0) is 20.9. The van der Waals surface area contributed by atoms with Crippen molar-refractivity contribution in [3.63, 3.8) is 0 Å². The van der Waals surface area contributed by atoms with E-state index in [9.17, 15) is 14.7 Å². The molecule has 6 nitrogen and oxygen atoms in total. The van der Waals surface area contributed by atoms with Crippen LogP contribution in [0.4, 0.5) is 0 Å². The van der Waals surface area contributed by atoms with E-state index in [-0.39, 0.29) is 29.1 Å². The topological polar surface area (TPSA) is 76.1 Å². The smallest absolute Gasteiger partial charge is 0.254 e. The predicted molar refractivity (Wildman–Crippen MR) is 110 cm³/mol. The van der Waals surface area contributed by atoms with Gasteiger partial charge in [-0.15, -0.1) is 23.2 Å². The lowest BCUT2D eigenvalue weighted by molar-refractivity contribution is -0.138. The lowest BCUT2D eigenvalue weighted by Gasteiger charge is -2.42. The third kappa shape index (κ3) is 2.60. The van der Waals surface area contributed by atoms with Gasteiger partial charge in [0.2, 0.25) is 0 Å². The molecule has 28 heavy (non-hydrogen) atoms. The first-order chi connectivity index (χ1) is 13.2. The van der Waals surface area contributed by atoms with Crippen molar-refractivity contribution >= 4 is 50.9 Å². The third-order valence-corrected chi connectivity index (χ3v) is 7.15. The highest BCUT2D eigenvalue weighted by molar-refractivity contribution is 9.09. The molecule has 0 aromatic heterocycles. The fourth-order valence-corrected chi connectivity index (χ4v) is 5.23. The number of methoxy groups -OCH3 is 2. The predicted octanol–water partition coefficient (Wildman–Crippen LogP) is 3.69. The summed E-state index contributed by atoms with van der Waals surface area (Å²) in [7, 11) is 2.83. The summed E-state index contributed by atoms with van der Waals surface area (Å²) < 4.78 is 10.9. The Morgan fingerprint density at radius 3 is 2.32 bits per heavy atom. The monoisotopic (exact) mass is 489 g/mol. The van der Waals surface area contributed by atoms with Crippen LogP contribution < -0.4 is 9.47 Å². The number of alkyl halides is 3. The van der Waals surface area contributed by atoms with E-state index in [1.807, 2.05) is 0 Å². The highest BCUT2D eigenvalue weighted by Crippen LogP contribution is 2.61. The van der Waals surface area contributed by atoms with Gasteiger partial charge in [-0.1, -0.05) is 34.7 Å². The molecule has 1 saturated heterocycles. The summed E-state index contributed by atoms with van der Waals surface area (Å²) in [5, 5.41) is 9.99. The molecule has 0 radical (unpaired) electrons. The fourth-order valence-electron chi connectivity index (χ4n) is 3.91. The molecule has 1 fully saturated rings. The quantitative estimate of drug-likeness (QED) is 0.387. The SMILES string of the molecule is C=CC1=CCC2(Cl)C(=O)N(CBr)C(=O)C2(Cl)C1c1c(OC)cc(O)cc1OC. The van der Waals surface area contributed by atoms with E-state index in [1.54, 1.807) is 12.2 Å². The number of hydrogen-bond donors (Lipinski definition) is 1. The average molecular weight is 491 g/mol. The number of nitrogens with zero attached hydrogens (tertiary/aromatic N) is 1. The number of amides is 2. The Kier molecular flexibility index (Phi) is 5.47. The van der Waals surface area contributed by atoms with Crippen molar-refractivity contribution in [2.24, 2.45) is 0 Å². The van der Waals surface area contributed by atoms with E-state index >= 15 is 0 Å². The second kappa shape index (κ2) is 7.28. The van der Waals surface area contributed by atoms with E-state index in [4.69, 9.17) is 32.7 Å². The molecule has 0 bridgehead atoms. The Labute approximate surface area is 180 Å². The minimum absolute atomic E-state index is 0.0341. The van der Waals surface area contributed by atoms with Crippen LogP contribution in [0.3, 0.4) is 0 Å². The van der Waals surface area contributed by atoms with Gasteiger partial charge >= 0.3 is 0 Å². The lowest BCUT2D eigenvalue weighted by Crippen LogP contribution is -2.55. The summed E-state index contributed by atoms with van der Waals surface area (Å²) in [5.41, 5.74) is 0.963. The van der Waals surface area contributed by atoms with E-state index in [0.717, 1.165) is 4.90 Å². The van der Waals surface area contributed by atoms with Gasteiger partial charge in [0.25, 0.3) is 11.8 Å². The first kappa shape index (κ1) is 21.0. The average Bonchev–Trinajstić information content (AvgIpc) is 2.83. The van der Waals surface area contributed by atoms with Gasteiger partial charge in [0, 0.05) is 23.6 Å². The maximum atomic E-state index is 13.3. The molecular weight excluding hydrogens is 473 g/mol. The number of phenolic OH excluding ortho intramolecular Hbond substituents is 1. The molecule has 3 atom stereocenters. The number of rotatable bonds is 5. The van der Waals surface area contributed by atoms with Gasteiger partial charge in [0.1, 0.15) is 17.2 Å². The van der Waals surface area contributed by atoms with Crippen molar-refractivity contribution in [3.05, 3.63) is 42.0 Å². The first-order valence-corrected chi connectivity index (χ1v) is 10.2. The standard InChI is InChI=1S/C19H18BrCl2NO5/c1-4-10-5-6-18(21)16(25)23(9-20)17(26)19(18,22)15(10)14-12(27-2)7-11(24)8-13(14)28-3/h4-5,7-8,15,24H,1,6,9H2,2-3H3. The molecule has 9 heteroatoms. The van der Waals surface area contributed by atoms with E-state index in [1.165, 1.54) is 26.4 Å². The van der Waals surface area contributed by atoms with E-state index < -0.39 is 27.5 Å². The van der Waals surface area contributed by atoms with Crippen molar-refractivity contribution < 1.29 is 24.2 Å². The second-order valence-corrected chi connectivity index (χ2v) is 8.22. The summed E-state index contributed by atoms with van der Waals surface area (Å²) in [5.74, 6) is -1.70. The van der Waals surface area contributed by atoms with E-state index in [0.29, 0.717) is 11.1 Å². The number of fused-ring (bicyclic) bond motifs is 1. The largest absolute Gasteiger partial charge is 0.508 e. The van der Waals surface area contributed by atoms with Crippen LogP contribution in [0.1, 0.15) is 17.9 Å². The van der Waals surface area contributed by atoms with Gasteiger partial charge in [-0.25, -0.2) is 0 Å². The van der Waals surface area contributed by atoms with Crippen molar-refractivity contribution in [1.82, 2.24) is 4.90 Å². The van der Waals surface area contributed by atoms with Crippen LogP contribution in [0.15, 0.2) is 36.4 Å². The Morgan fingerprint density at radius 1 is 1.29 bits per heavy atom. The number of allylic oxidation sites excluding steroid dienone is 3. The number of imide groups is 1. The number of carbonyl (C=O) groups is 2. The molecule has 1 aliphatic carbocycles. The van der Waals surface area contributed by atoms with Crippen molar-refractivity contribution in [1.29, 1.82) is 0 Å².